The Hall–Kier alpha value is -1.23. The first-order chi connectivity index (χ1) is 7.09. The van der Waals surface area contributed by atoms with Crippen molar-refractivity contribution in [3.8, 4) is 5.75 Å². The Balaban J connectivity index is 2.58. The lowest BCUT2D eigenvalue weighted by molar-refractivity contribution is -0.118. The van der Waals surface area contributed by atoms with Gasteiger partial charge < -0.3 is 15.4 Å². The Kier molecular flexibility index (Phi) is 2.56. The standard InChI is InChI=1S/C10H11BrN2O2/c1-13-8-5-6(12)4-7(11)10(8)15-3-2-9(13)14/h4-5H,2-3,12H2,1H3. The van der Waals surface area contributed by atoms with E-state index in [0.29, 0.717) is 30.2 Å². The highest BCUT2D eigenvalue weighted by atomic mass is 79.9. The van der Waals surface area contributed by atoms with Crippen molar-refractivity contribution in [2.24, 2.45) is 0 Å². The molecule has 0 radical (unpaired) electrons. The van der Waals surface area contributed by atoms with Crippen LogP contribution in [0.4, 0.5) is 11.4 Å². The largest absolute Gasteiger partial charge is 0.490 e. The van der Waals surface area contributed by atoms with E-state index in [0.717, 1.165) is 4.47 Å². The lowest BCUT2D eigenvalue weighted by Gasteiger charge is -2.17. The van der Waals surface area contributed by atoms with Crippen LogP contribution in [0.2, 0.25) is 0 Å². The van der Waals surface area contributed by atoms with Gasteiger partial charge in [0.15, 0.2) is 5.75 Å². The number of fused-ring (bicyclic) bond motifs is 1. The van der Waals surface area contributed by atoms with E-state index in [1.807, 2.05) is 0 Å². The molecule has 2 N–H and O–H groups in total. The SMILES string of the molecule is CN1C(=O)CCOc2c(Br)cc(N)cc21. The monoisotopic (exact) mass is 270 g/mol. The number of amides is 1. The van der Waals surface area contributed by atoms with Gasteiger partial charge in [0, 0.05) is 12.7 Å². The second-order valence-electron chi connectivity index (χ2n) is 3.40. The molecule has 15 heavy (non-hydrogen) atoms. The fourth-order valence-corrected chi connectivity index (χ4v) is 2.12. The van der Waals surface area contributed by atoms with Crippen molar-refractivity contribution in [3.05, 3.63) is 16.6 Å². The molecule has 1 heterocycles. The molecular weight excluding hydrogens is 260 g/mol. The molecular formula is C10H11BrN2O2. The first kappa shape index (κ1) is 10.3. The van der Waals surface area contributed by atoms with Gasteiger partial charge in [0.2, 0.25) is 5.91 Å². The van der Waals surface area contributed by atoms with E-state index in [-0.39, 0.29) is 5.91 Å². The number of halogens is 1. The third kappa shape index (κ3) is 1.79. The third-order valence-corrected chi connectivity index (χ3v) is 2.93. The summed E-state index contributed by atoms with van der Waals surface area (Å²) in [6, 6.07) is 3.51. The highest BCUT2D eigenvalue weighted by Crippen LogP contribution is 2.39. The Morgan fingerprint density at radius 2 is 2.27 bits per heavy atom. The number of nitrogens with two attached hydrogens (primary N) is 1. The first-order valence-corrected chi connectivity index (χ1v) is 5.37. The molecule has 1 aromatic carbocycles. The minimum Gasteiger partial charge on any atom is -0.490 e. The minimum absolute atomic E-state index is 0.0336. The topological polar surface area (TPSA) is 55.6 Å². The van der Waals surface area contributed by atoms with Gasteiger partial charge in [0.1, 0.15) is 0 Å². The molecule has 0 atom stereocenters. The molecule has 2 rings (SSSR count). The molecule has 0 aromatic heterocycles. The highest BCUT2D eigenvalue weighted by molar-refractivity contribution is 9.10. The maximum atomic E-state index is 11.6. The van der Waals surface area contributed by atoms with Gasteiger partial charge in [-0.15, -0.1) is 0 Å². The summed E-state index contributed by atoms with van der Waals surface area (Å²) in [6.45, 7) is 0.401. The number of hydrogen-bond donors (Lipinski definition) is 1. The number of carbonyl (C=O) groups excluding carboxylic acids is 1. The quantitative estimate of drug-likeness (QED) is 0.732. The summed E-state index contributed by atoms with van der Waals surface area (Å²) < 4.78 is 6.29. The number of hydrogen-bond acceptors (Lipinski definition) is 3. The number of carbonyl (C=O) groups is 1. The van der Waals surface area contributed by atoms with Gasteiger partial charge in [-0.2, -0.15) is 0 Å². The molecule has 0 fully saturated rings. The summed E-state index contributed by atoms with van der Waals surface area (Å²) in [6.07, 6.45) is 0.386. The van der Waals surface area contributed by atoms with Crippen molar-refractivity contribution in [2.75, 3.05) is 24.3 Å². The minimum atomic E-state index is 0.0336. The van der Waals surface area contributed by atoms with Crippen LogP contribution >= 0.6 is 15.9 Å². The maximum Gasteiger partial charge on any atom is 0.230 e. The van der Waals surface area contributed by atoms with E-state index in [9.17, 15) is 4.79 Å². The summed E-state index contributed by atoms with van der Waals surface area (Å²) in [5.74, 6) is 0.712. The van der Waals surface area contributed by atoms with Gasteiger partial charge in [0.05, 0.1) is 23.2 Å². The molecule has 0 bridgehead atoms. The normalized spacial score (nSPS) is 15.6. The molecule has 1 aliphatic rings. The van der Waals surface area contributed by atoms with Crippen LogP contribution < -0.4 is 15.4 Å². The molecule has 1 aliphatic heterocycles. The van der Waals surface area contributed by atoms with Gasteiger partial charge in [-0.3, -0.25) is 4.79 Å². The zero-order chi connectivity index (χ0) is 11.0. The number of rotatable bonds is 0. The number of nitrogen functional groups attached to an aromatic ring is 1. The molecule has 0 saturated heterocycles. The lowest BCUT2D eigenvalue weighted by atomic mass is 10.2. The summed E-state index contributed by atoms with van der Waals surface area (Å²) >= 11 is 3.37. The van der Waals surface area contributed by atoms with Crippen molar-refractivity contribution in [1.82, 2.24) is 0 Å². The van der Waals surface area contributed by atoms with E-state index < -0.39 is 0 Å². The highest BCUT2D eigenvalue weighted by Gasteiger charge is 2.22. The van der Waals surface area contributed by atoms with Crippen LogP contribution in [-0.2, 0) is 4.79 Å². The lowest BCUT2D eigenvalue weighted by Crippen LogP contribution is -2.25. The Bertz CT molecular complexity index is 420. The molecule has 80 valence electrons. The van der Waals surface area contributed by atoms with Gasteiger partial charge in [0.25, 0.3) is 0 Å². The Labute approximate surface area is 96.1 Å². The fourth-order valence-electron chi connectivity index (χ4n) is 1.53. The molecule has 1 amide bonds. The van der Waals surface area contributed by atoms with Crippen molar-refractivity contribution < 1.29 is 9.53 Å². The summed E-state index contributed by atoms with van der Waals surface area (Å²) in [5, 5.41) is 0. The molecule has 1 aromatic rings. The van der Waals surface area contributed by atoms with Crippen LogP contribution in [0.1, 0.15) is 6.42 Å². The van der Waals surface area contributed by atoms with E-state index in [1.54, 1.807) is 24.1 Å². The zero-order valence-corrected chi connectivity index (χ0v) is 9.87. The average Bonchev–Trinajstić information content (AvgIpc) is 2.30. The number of ether oxygens (including phenoxy) is 1. The smallest absolute Gasteiger partial charge is 0.230 e. The molecule has 0 aliphatic carbocycles. The predicted octanol–water partition coefficient (Wildman–Crippen LogP) is 1.78. The molecule has 0 saturated carbocycles. The molecule has 0 unspecified atom stereocenters. The van der Waals surface area contributed by atoms with Crippen LogP contribution in [0.3, 0.4) is 0 Å². The Morgan fingerprint density at radius 1 is 1.53 bits per heavy atom. The van der Waals surface area contributed by atoms with Gasteiger partial charge in [-0.25, -0.2) is 0 Å². The van der Waals surface area contributed by atoms with Crippen LogP contribution in [0.5, 0.6) is 5.75 Å². The molecule has 0 spiro atoms. The summed E-state index contributed by atoms with van der Waals surface area (Å²) in [5.41, 5.74) is 7.03. The van der Waals surface area contributed by atoms with Gasteiger partial charge in [-0.1, -0.05) is 0 Å². The molecule has 5 heteroatoms. The van der Waals surface area contributed by atoms with Gasteiger partial charge in [-0.05, 0) is 28.1 Å². The predicted molar refractivity (Wildman–Crippen MR) is 62.1 cm³/mol. The number of benzene rings is 1. The number of anilines is 2. The van der Waals surface area contributed by atoms with Crippen LogP contribution in [-0.4, -0.2) is 19.6 Å². The van der Waals surface area contributed by atoms with Gasteiger partial charge >= 0.3 is 0 Å². The van der Waals surface area contributed by atoms with Crippen LogP contribution in [0, 0.1) is 0 Å². The van der Waals surface area contributed by atoms with Crippen molar-refractivity contribution in [1.29, 1.82) is 0 Å². The molecule has 4 nitrogen and oxygen atoms in total. The first-order valence-electron chi connectivity index (χ1n) is 4.58. The van der Waals surface area contributed by atoms with Crippen molar-refractivity contribution in [3.63, 3.8) is 0 Å². The fraction of sp³-hybridized carbons (Fsp3) is 0.300. The van der Waals surface area contributed by atoms with E-state index in [1.165, 1.54) is 0 Å². The Morgan fingerprint density at radius 3 is 3.00 bits per heavy atom. The average molecular weight is 271 g/mol. The van der Waals surface area contributed by atoms with Crippen molar-refractivity contribution in [2.45, 2.75) is 6.42 Å². The summed E-state index contributed by atoms with van der Waals surface area (Å²) in [4.78, 5) is 13.2. The van der Waals surface area contributed by atoms with E-state index in [2.05, 4.69) is 15.9 Å². The van der Waals surface area contributed by atoms with E-state index in [4.69, 9.17) is 10.5 Å². The maximum absolute atomic E-state index is 11.6. The number of nitrogens with zero attached hydrogens (tertiary/aromatic N) is 1. The zero-order valence-electron chi connectivity index (χ0n) is 8.29. The van der Waals surface area contributed by atoms with E-state index >= 15 is 0 Å². The summed E-state index contributed by atoms with van der Waals surface area (Å²) in [7, 11) is 1.72. The van der Waals surface area contributed by atoms with Crippen molar-refractivity contribution >= 4 is 33.2 Å². The van der Waals surface area contributed by atoms with Crippen LogP contribution in [0.25, 0.3) is 0 Å². The van der Waals surface area contributed by atoms with Crippen LogP contribution in [0.15, 0.2) is 16.6 Å². The second-order valence-corrected chi connectivity index (χ2v) is 4.26. The third-order valence-electron chi connectivity index (χ3n) is 2.34. The second kappa shape index (κ2) is 3.73.